The number of rotatable bonds is 7. The third kappa shape index (κ3) is 5.58. The van der Waals surface area contributed by atoms with Gasteiger partial charge in [-0.1, -0.05) is 58.4 Å². The zero-order chi connectivity index (χ0) is 23.4. The summed E-state index contributed by atoms with van der Waals surface area (Å²) in [4.78, 5) is 38.9. The molecule has 0 atom stereocenters. The molecule has 8 heteroatoms. The summed E-state index contributed by atoms with van der Waals surface area (Å²) in [5.74, 6) is -0.678. The van der Waals surface area contributed by atoms with Crippen molar-refractivity contribution in [3.05, 3.63) is 105 Å². The van der Waals surface area contributed by atoms with E-state index in [1.165, 1.54) is 12.1 Å². The van der Waals surface area contributed by atoms with E-state index in [4.69, 9.17) is 4.74 Å². The van der Waals surface area contributed by atoms with Crippen LogP contribution in [-0.4, -0.2) is 28.4 Å². The first kappa shape index (κ1) is 22.9. The van der Waals surface area contributed by atoms with Crippen molar-refractivity contribution in [2.45, 2.75) is 6.61 Å². The van der Waals surface area contributed by atoms with Crippen LogP contribution in [0.15, 0.2) is 82.2 Å². The van der Waals surface area contributed by atoms with Gasteiger partial charge in [0.05, 0.1) is 11.4 Å². The molecular formula is C25H17BrFNO4S. The molecule has 33 heavy (non-hydrogen) atoms. The second-order valence-electron chi connectivity index (χ2n) is 7.15. The Kier molecular flexibility index (Phi) is 7.05. The third-order valence-electron chi connectivity index (χ3n) is 4.84. The van der Waals surface area contributed by atoms with Crippen LogP contribution in [0.4, 0.5) is 9.18 Å². The van der Waals surface area contributed by atoms with E-state index in [-0.39, 0.29) is 29.7 Å². The van der Waals surface area contributed by atoms with Gasteiger partial charge in [0, 0.05) is 15.6 Å². The molecule has 166 valence electrons. The van der Waals surface area contributed by atoms with Crippen molar-refractivity contribution in [2.24, 2.45) is 0 Å². The Morgan fingerprint density at radius 1 is 1.03 bits per heavy atom. The SMILES string of the molecule is O=C(CN1C(=O)S/C(=C\c2cc(Br)ccc2OCc2ccc(F)cc2)C1=O)c1ccccc1. The fourth-order valence-corrected chi connectivity index (χ4v) is 4.35. The van der Waals surface area contributed by atoms with Crippen molar-refractivity contribution in [3.63, 3.8) is 0 Å². The number of thioether (sulfide) groups is 1. The number of carbonyl (C=O) groups excluding carboxylic acids is 3. The van der Waals surface area contributed by atoms with E-state index < -0.39 is 11.1 Å². The second kappa shape index (κ2) is 10.1. The van der Waals surface area contributed by atoms with Crippen LogP contribution >= 0.6 is 27.7 Å². The molecule has 3 aromatic rings. The van der Waals surface area contributed by atoms with Gasteiger partial charge in [-0.15, -0.1) is 0 Å². The predicted octanol–water partition coefficient (Wildman–Crippen LogP) is 6.09. The number of imide groups is 1. The van der Waals surface area contributed by atoms with Crippen LogP contribution in [0.1, 0.15) is 21.5 Å². The molecule has 0 spiro atoms. The molecule has 5 nitrogen and oxygen atoms in total. The zero-order valence-corrected chi connectivity index (χ0v) is 19.6. The highest BCUT2D eigenvalue weighted by Crippen LogP contribution is 2.35. The Labute approximate surface area is 202 Å². The van der Waals surface area contributed by atoms with E-state index in [1.807, 2.05) is 0 Å². The highest BCUT2D eigenvalue weighted by molar-refractivity contribution is 9.10. The first-order valence-corrected chi connectivity index (χ1v) is 11.5. The number of halogens is 2. The Hall–Kier alpha value is -3.23. The molecule has 3 aromatic carbocycles. The molecule has 0 aromatic heterocycles. The molecule has 0 unspecified atom stereocenters. The van der Waals surface area contributed by atoms with Crippen LogP contribution in [0.3, 0.4) is 0 Å². The van der Waals surface area contributed by atoms with Gasteiger partial charge in [-0.3, -0.25) is 19.3 Å². The summed E-state index contributed by atoms with van der Waals surface area (Å²) in [5, 5.41) is -0.501. The summed E-state index contributed by atoms with van der Waals surface area (Å²) in [6, 6.07) is 19.8. The molecule has 0 saturated carbocycles. The van der Waals surface area contributed by atoms with Gasteiger partial charge in [-0.25, -0.2) is 4.39 Å². The van der Waals surface area contributed by atoms with E-state index in [0.29, 0.717) is 16.9 Å². The Bertz CT molecular complexity index is 1250. The van der Waals surface area contributed by atoms with E-state index in [0.717, 1.165) is 26.7 Å². The van der Waals surface area contributed by atoms with Crippen molar-refractivity contribution in [2.75, 3.05) is 6.54 Å². The Morgan fingerprint density at radius 2 is 1.76 bits per heavy atom. The van der Waals surface area contributed by atoms with E-state index >= 15 is 0 Å². The van der Waals surface area contributed by atoms with Gasteiger partial charge < -0.3 is 4.74 Å². The van der Waals surface area contributed by atoms with Gasteiger partial charge >= 0.3 is 0 Å². The largest absolute Gasteiger partial charge is 0.488 e. The fourth-order valence-electron chi connectivity index (χ4n) is 3.14. The standard InChI is InChI=1S/C25H17BrFNO4S/c26-19-8-11-22(32-15-16-6-9-20(27)10-7-16)18(12-19)13-23-24(30)28(25(31)33-23)14-21(29)17-4-2-1-3-5-17/h1-13H,14-15H2/b23-13-. The predicted molar refractivity (Wildman–Crippen MR) is 128 cm³/mol. The number of ether oxygens (including phenoxy) is 1. The molecular weight excluding hydrogens is 509 g/mol. The lowest BCUT2D eigenvalue weighted by Crippen LogP contribution is -2.33. The normalized spacial score (nSPS) is 14.7. The van der Waals surface area contributed by atoms with E-state index in [9.17, 15) is 18.8 Å². The van der Waals surface area contributed by atoms with Crippen LogP contribution in [-0.2, 0) is 11.4 Å². The number of ketones is 1. The number of hydrogen-bond donors (Lipinski definition) is 0. The molecule has 1 aliphatic rings. The minimum atomic E-state index is -0.529. The topological polar surface area (TPSA) is 63.7 Å². The molecule has 0 aliphatic carbocycles. The highest BCUT2D eigenvalue weighted by atomic mass is 79.9. The van der Waals surface area contributed by atoms with Crippen molar-refractivity contribution in [3.8, 4) is 5.75 Å². The summed E-state index contributed by atoms with van der Waals surface area (Å²) in [5.41, 5.74) is 1.81. The van der Waals surface area contributed by atoms with Crippen LogP contribution in [0.25, 0.3) is 6.08 Å². The molecule has 0 radical (unpaired) electrons. The average molecular weight is 526 g/mol. The first-order valence-electron chi connectivity index (χ1n) is 9.91. The molecule has 1 heterocycles. The monoisotopic (exact) mass is 525 g/mol. The van der Waals surface area contributed by atoms with Gasteiger partial charge in [0.2, 0.25) is 0 Å². The van der Waals surface area contributed by atoms with Crippen molar-refractivity contribution in [1.29, 1.82) is 0 Å². The molecule has 1 saturated heterocycles. The van der Waals surface area contributed by atoms with Gasteiger partial charge in [0.1, 0.15) is 18.2 Å². The lowest BCUT2D eigenvalue weighted by molar-refractivity contribution is -0.122. The van der Waals surface area contributed by atoms with Gasteiger partial charge in [-0.05, 0) is 53.7 Å². The van der Waals surface area contributed by atoms with Gasteiger partial charge in [0.25, 0.3) is 11.1 Å². The number of benzene rings is 3. The smallest absolute Gasteiger partial charge is 0.293 e. The molecule has 1 aliphatic heterocycles. The molecule has 2 amide bonds. The van der Waals surface area contributed by atoms with E-state index in [1.54, 1.807) is 66.7 Å². The number of amides is 2. The van der Waals surface area contributed by atoms with Crippen LogP contribution < -0.4 is 4.74 Å². The maximum atomic E-state index is 13.1. The minimum absolute atomic E-state index is 0.200. The van der Waals surface area contributed by atoms with Crippen molar-refractivity contribution < 1.29 is 23.5 Å². The van der Waals surface area contributed by atoms with Crippen LogP contribution in [0, 0.1) is 5.82 Å². The summed E-state index contributed by atoms with van der Waals surface area (Å²) in [6.07, 6.45) is 1.57. The summed E-state index contributed by atoms with van der Waals surface area (Å²) < 4.78 is 19.8. The summed E-state index contributed by atoms with van der Waals surface area (Å²) in [7, 11) is 0. The van der Waals surface area contributed by atoms with E-state index in [2.05, 4.69) is 15.9 Å². The number of carbonyl (C=O) groups is 3. The van der Waals surface area contributed by atoms with Crippen molar-refractivity contribution in [1.82, 2.24) is 4.90 Å². The van der Waals surface area contributed by atoms with Crippen molar-refractivity contribution >= 4 is 50.7 Å². The maximum absolute atomic E-state index is 13.1. The number of hydrogen-bond acceptors (Lipinski definition) is 5. The van der Waals surface area contributed by atoms with Crippen LogP contribution in [0.5, 0.6) is 5.75 Å². The molecule has 0 N–H and O–H groups in total. The highest BCUT2D eigenvalue weighted by Gasteiger charge is 2.36. The minimum Gasteiger partial charge on any atom is -0.488 e. The molecule has 1 fully saturated rings. The first-order chi connectivity index (χ1) is 15.9. The molecule has 4 rings (SSSR count). The fraction of sp³-hybridized carbons (Fsp3) is 0.0800. The zero-order valence-electron chi connectivity index (χ0n) is 17.2. The summed E-state index contributed by atoms with van der Waals surface area (Å²) >= 11 is 4.19. The Balaban J connectivity index is 1.52. The average Bonchev–Trinajstić information content (AvgIpc) is 3.07. The molecule has 0 bridgehead atoms. The van der Waals surface area contributed by atoms with Gasteiger partial charge in [0.15, 0.2) is 5.78 Å². The van der Waals surface area contributed by atoms with Gasteiger partial charge in [-0.2, -0.15) is 0 Å². The quantitative estimate of drug-likeness (QED) is 0.276. The number of nitrogens with zero attached hydrogens (tertiary/aromatic N) is 1. The summed E-state index contributed by atoms with van der Waals surface area (Å²) in [6.45, 7) is -0.117. The lowest BCUT2D eigenvalue weighted by Gasteiger charge is -2.12. The third-order valence-corrected chi connectivity index (χ3v) is 6.24. The lowest BCUT2D eigenvalue weighted by atomic mass is 10.1. The van der Waals surface area contributed by atoms with Crippen LogP contribution in [0.2, 0.25) is 0 Å². The number of Topliss-reactive ketones (excluding diaryl/α,β-unsaturated/α-hetero) is 1. The second-order valence-corrected chi connectivity index (χ2v) is 9.06. The Morgan fingerprint density at radius 3 is 2.48 bits per heavy atom. The maximum Gasteiger partial charge on any atom is 0.293 e.